The van der Waals surface area contributed by atoms with Gasteiger partial charge in [0.05, 0.1) is 0 Å². The predicted molar refractivity (Wildman–Crippen MR) is 23.4 cm³/mol. The Hall–Kier alpha value is 1.17. The standard InChI is InChI=1S/3CH3.ClH.Zr/h3*1H3;1H;/q;;;;+1/p-1. The van der Waals surface area contributed by atoms with Gasteiger partial charge in [0, 0.05) is 0 Å². The molecule has 0 fully saturated rings. The summed E-state index contributed by atoms with van der Waals surface area (Å²) in [6.45, 7) is 0. The Balaban J connectivity index is 3.02. The van der Waals surface area contributed by atoms with Crippen molar-refractivity contribution in [1.29, 1.82) is 0 Å². The Bertz CT molecular complexity index is 22.4. The van der Waals surface area contributed by atoms with Crippen molar-refractivity contribution in [2.45, 2.75) is 13.9 Å². The van der Waals surface area contributed by atoms with E-state index in [1.807, 2.05) is 0 Å². The molecule has 0 saturated carbocycles. The quantitative estimate of drug-likeness (QED) is 0.526. The fourth-order valence-electron chi connectivity index (χ4n) is 0. The fraction of sp³-hybridized carbons (Fsp3) is 1.00. The van der Waals surface area contributed by atoms with E-state index in [0.29, 0.717) is 0 Å². The first-order valence-corrected chi connectivity index (χ1v) is 12.2. The first-order valence-electron chi connectivity index (χ1n) is 1.69. The van der Waals surface area contributed by atoms with Crippen molar-refractivity contribution in [3.63, 3.8) is 0 Å². The molecule has 0 aromatic heterocycles. The SMILES string of the molecule is [CH3][Zr]([CH3])([CH3])[Cl]. The molecule has 0 saturated heterocycles. The van der Waals surface area contributed by atoms with E-state index in [2.05, 4.69) is 13.9 Å². The minimum atomic E-state index is -1.71. The van der Waals surface area contributed by atoms with Gasteiger partial charge in [0.1, 0.15) is 0 Å². The summed E-state index contributed by atoms with van der Waals surface area (Å²) in [6.07, 6.45) is 0. The van der Waals surface area contributed by atoms with Gasteiger partial charge >= 0.3 is 41.5 Å². The zero-order valence-electron chi connectivity index (χ0n) is 3.88. The molecular weight excluding hydrogens is 163 g/mol. The first kappa shape index (κ1) is 6.17. The topological polar surface area (TPSA) is 0 Å². The van der Waals surface area contributed by atoms with Crippen molar-refractivity contribution in [3.05, 3.63) is 0 Å². The predicted octanol–water partition coefficient (Wildman–Crippen LogP) is 2.44. The molecule has 0 bridgehead atoms. The van der Waals surface area contributed by atoms with Crippen LogP contribution in [0.2, 0.25) is 13.9 Å². The van der Waals surface area contributed by atoms with Crippen molar-refractivity contribution in [3.8, 4) is 0 Å². The van der Waals surface area contributed by atoms with Crippen LogP contribution in [-0.2, 0) is 19.1 Å². The third kappa shape index (κ3) is 37.8. The first-order chi connectivity index (χ1) is 2.00. The maximum absolute atomic E-state index is 5.74. The van der Waals surface area contributed by atoms with Gasteiger partial charge < -0.3 is 0 Å². The van der Waals surface area contributed by atoms with Crippen LogP contribution < -0.4 is 0 Å². The average molecular weight is 172 g/mol. The molecular formula is C3H9ClZr. The van der Waals surface area contributed by atoms with Crippen LogP contribution >= 0.6 is 8.51 Å². The summed E-state index contributed by atoms with van der Waals surface area (Å²) in [4.78, 5) is 0. The van der Waals surface area contributed by atoms with Gasteiger partial charge in [0.2, 0.25) is 0 Å². The average Bonchev–Trinajstić information content (AvgIpc) is 0.722. The summed E-state index contributed by atoms with van der Waals surface area (Å²) in [5.74, 6) is 0. The van der Waals surface area contributed by atoms with Crippen LogP contribution in [0, 0.1) is 0 Å². The van der Waals surface area contributed by atoms with Gasteiger partial charge in [0.15, 0.2) is 0 Å². The van der Waals surface area contributed by atoms with E-state index < -0.39 is 19.1 Å². The Morgan fingerprint density at radius 3 is 1.20 bits per heavy atom. The number of hydrogen-bond acceptors (Lipinski definition) is 0. The van der Waals surface area contributed by atoms with Crippen LogP contribution in [0.5, 0.6) is 0 Å². The summed E-state index contributed by atoms with van der Waals surface area (Å²) in [7, 11) is 5.74. The molecule has 0 aromatic rings. The van der Waals surface area contributed by atoms with E-state index in [0.717, 1.165) is 0 Å². The fourth-order valence-corrected chi connectivity index (χ4v) is 0. The van der Waals surface area contributed by atoms with E-state index >= 15 is 0 Å². The van der Waals surface area contributed by atoms with Gasteiger partial charge in [-0.25, -0.2) is 0 Å². The normalized spacial score (nSPS) is 12.0. The van der Waals surface area contributed by atoms with Crippen molar-refractivity contribution < 1.29 is 19.1 Å². The van der Waals surface area contributed by atoms with Crippen LogP contribution in [-0.4, -0.2) is 0 Å². The molecule has 0 atom stereocenters. The Labute approximate surface area is 41.5 Å². The summed E-state index contributed by atoms with van der Waals surface area (Å²) >= 11 is -1.71. The molecule has 0 aromatic carbocycles. The second kappa shape index (κ2) is 1.75. The van der Waals surface area contributed by atoms with Gasteiger partial charge in [-0.3, -0.25) is 0 Å². The van der Waals surface area contributed by atoms with E-state index in [4.69, 9.17) is 8.51 Å². The molecule has 0 aliphatic rings. The Morgan fingerprint density at radius 2 is 1.20 bits per heavy atom. The number of hydrogen-bond donors (Lipinski definition) is 0. The molecule has 0 nitrogen and oxygen atoms in total. The van der Waals surface area contributed by atoms with Crippen molar-refractivity contribution in [2.75, 3.05) is 0 Å². The van der Waals surface area contributed by atoms with E-state index in [1.165, 1.54) is 0 Å². The molecule has 0 aliphatic carbocycles. The molecule has 0 rings (SSSR count). The van der Waals surface area contributed by atoms with E-state index in [9.17, 15) is 0 Å². The molecule has 5 heavy (non-hydrogen) atoms. The maximum atomic E-state index is 5.74. The summed E-state index contributed by atoms with van der Waals surface area (Å²) in [6, 6.07) is 0. The molecule has 0 N–H and O–H groups in total. The zero-order valence-corrected chi connectivity index (χ0v) is 7.09. The van der Waals surface area contributed by atoms with E-state index in [1.54, 1.807) is 0 Å². The molecule has 0 radical (unpaired) electrons. The minimum absolute atomic E-state index is 1.71. The van der Waals surface area contributed by atoms with Crippen LogP contribution in [0.4, 0.5) is 0 Å². The summed E-state index contributed by atoms with van der Waals surface area (Å²) < 4.78 is 6.49. The van der Waals surface area contributed by atoms with Crippen LogP contribution in [0.15, 0.2) is 0 Å². The van der Waals surface area contributed by atoms with Gasteiger partial charge in [-0.1, -0.05) is 0 Å². The third-order valence-corrected chi connectivity index (χ3v) is 0. The molecule has 0 aliphatic heterocycles. The summed E-state index contributed by atoms with van der Waals surface area (Å²) in [5.41, 5.74) is 0. The molecule has 32 valence electrons. The monoisotopic (exact) mass is 170 g/mol. The zero-order chi connectivity index (χ0) is 4.50. The van der Waals surface area contributed by atoms with Crippen LogP contribution in [0.1, 0.15) is 0 Å². The second-order valence-electron chi connectivity index (χ2n) is 2.07. The molecule has 0 spiro atoms. The van der Waals surface area contributed by atoms with Gasteiger partial charge in [-0.05, 0) is 0 Å². The molecule has 0 unspecified atom stereocenters. The molecule has 0 heterocycles. The number of halogens is 1. The van der Waals surface area contributed by atoms with Gasteiger partial charge in [0.25, 0.3) is 0 Å². The van der Waals surface area contributed by atoms with Crippen LogP contribution in [0.25, 0.3) is 0 Å². The van der Waals surface area contributed by atoms with Gasteiger partial charge in [-0.2, -0.15) is 0 Å². The number of rotatable bonds is 0. The van der Waals surface area contributed by atoms with Crippen LogP contribution in [0.3, 0.4) is 0 Å². The molecule has 0 amide bonds. The summed E-state index contributed by atoms with van der Waals surface area (Å²) in [5, 5.41) is 0. The van der Waals surface area contributed by atoms with Crippen molar-refractivity contribution >= 4 is 8.51 Å². The van der Waals surface area contributed by atoms with Gasteiger partial charge in [-0.15, -0.1) is 0 Å². The third-order valence-electron chi connectivity index (χ3n) is 0. The van der Waals surface area contributed by atoms with Crippen molar-refractivity contribution in [1.82, 2.24) is 0 Å². The second-order valence-corrected chi connectivity index (χ2v) is 18.9. The Kier molecular flexibility index (Phi) is 2.16. The van der Waals surface area contributed by atoms with E-state index in [-0.39, 0.29) is 0 Å². The Morgan fingerprint density at radius 1 is 1.20 bits per heavy atom. The van der Waals surface area contributed by atoms with Crippen molar-refractivity contribution in [2.24, 2.45) is 0 Å². The molecule has 2 heteroatoms.